The number of hydrogen-bond acceptors (Lipinski definition) is 11. The molecule has 2 aromatic heterocycles. The van der Waals surface area contributed by atoms with Crippen LogP contribution >= 0.6 is 11.6 Å². The summed E-state index contributed by atoms with van der Waals surface area (Å²) in [5.41, 5.74) is 17.3. The number of aromatic nitrogens is 2. The van der Waals surface area contributed by atoms with Gasteiger partial charge in [-0.25, -0.2) is 14.4 Å². The lowest BCUT2D eigenvalue weighted by Gasteiger charge is -2.26. The van der Waals surface area contributed by atoms with Gasteiger partial charge in [0, 0.05) is 23.5 Å². The summed E-state index contributed by atoms with van der Waals surface area (Å²) < 4.78 is 40.9. The minimum atomic E-state index is -0.864. The first-order chi connectivity index (χ1) is 27.7. The average molecular weight is 787 g/mol. The number of amidine groups is 2. The monoisotopic (exact) mass is 786 g/mol. The number of nitrogens with two attached hydrogens (primary N) is 2. The number of pyridine rings is 2. The maximum atomic E-state index is 13.6. The van der Waals surface area contributed by atoms with Gasteiger partial charge in [0.2, 0.25) is 0 Å². The molecule has 2 aliphatic heterocycles. The largest absolute Gasteiger partial charge is 0.495 e. The van der Waals surface area contributed by atoms with Crippen molar-refractivity contribution in [3.63, 3.8) is 0 Å². The summed E-state index contributed by atoms with van der Waals surface area (Å²) in [6.45, 7) is 3.15. The highest BCUT2D eigenvalue weighted by Gasteiger charge is 2.41. The van der Waals surface area contributed by atoms with Crippen LogP contribution in [0.1, 0.15) is 29.2 Å². The van der Waals surface area contributed by atoms with Gasteiger partial charge in [0.1, 0.15) is 36.3 Å². The number of nitrogens with zero attached hydrogens (tertiary/aromatic N) is 4. The van der Waals surface area contributed by atoms with E-state index in [-0.39, 0.29) is 18.7 Å². The zero-order valence-electron chi connectivity index (χ0n) is 31.5. The molecule has 8 rings (SSSR count). The number of rotatable bonds is 10. The molecule has 2 atom stereocenters. The van der Waals surface area contributed by atoms with Crippen LogP contribution in [0.4, 0.5) is 4.39 Å². The van der Waals surface area contributed by atoms with Gasteiger partial charge < -0.3 is 35.2 Å². The van der Waals surface area contributed by atoms with E-state index in [1.807, 2.05) is 92.0 Å². The maximum absolute atomic E-state index is 13.6. The third kappa shape index (κ3) is 8.03. The van der Waals surface area contributed by atoms with Crippen molar-refractivity contribution in [1.29, 1.82) is 0 Å². The van der Waals surface area contributed by atoms with Gasteiger partial charge in [-0.2, -0.15) is 0 Å². The minimum absolute atomic E-state index is 0.102. The fourth-order valence-electron chi connectivity index (χ4n) is 6.87. The van der Waals surface area contributed by atoms with Crippen molar-refractivity contribution in [2.24, 2.45) is 21.5 Å². The summed E-state index contributed by atoms with van der Waals surface area (Å²) in [5.74, 6) is 1.70. The molecular formula is C44H40ClFN6O5. The lowest BCUT2D eigenvalue weighted by atomic mass is 9.83. The number of methoxy groups -OCH3 is 2. The zero-order valence-corrected chi connectivity index (χ0v) is 32.2. The van der Waals surface area contributed by atoms with E-state index in [1.165, 1.54) is 12.3 Å². The quantitative estimate of drug-likeness (QED) is 0.141. The van der Waals surface area contributed by atoms with Gasteiger partial charge in [0.05, 0.1) is 38.2 Å². The molecule has 290 valence electrons. The molecule has 11 nitrogen and oxygen atoms in total. The van der Waals surface area contributed by atoms with Gasteiger partial charge in [-0.05, 0) is 88.8 Å². The van der Waals surface area contributed by atoms with Gasteiger partial charge in [-0.15, -0.1) is 0 Å². The summed E-state index contributed by atoms with van der Waals surface area (Å²) in [6, 6.07) is 32.9. The Morgan fingerprint density at radius 2 is 1.19 bits per heavy atom. The normalized spacial score (nSPS) is 18.3. The second-order valence-corrected chi connectivity index (χ2v) is 13.6. The van der Waals surface area contributed by atoms with E-state index in [9.17, 15) is 4.39 Å². The third-order valence-electron chi connectivity index (χ3n) is 9.73. The first-order valence-corrected chi connectivity index (χ1v) is 18.4. The van der Waals surface area contributed by atoms with E-state index in [0.29, 0.717) is 35.3 Å². The van der Waals surface area contributed by atoms with Gasteiger partial charge in [-0.1, -0.05) is 66.2 Å². The van der Waals surface area contributed by atoms with E-state index in [4.69, 9.17) is 51.7 Å². The van der Waals surface area contributed by atoms with Crippen molar-refractivity contribution in [1.82, 2.24) is 9.97 Å². The molecule has 57 heavy (non-hydrogen) atoms. The predicted molar refractivity (Wildman–Crippen MR) is 218 cm³/mol. The highest BCUT2D eigenvalue weighted by atomic mass is 35.5. The second-order valence-electron chi connectivity index (χ2n) is 13.2. The van der Waals surface area contributed by atoms with Crippen molar-refractivity contribution in [2.45, 2.75) is 18.0 Å². The predicted octanol–water partition coefficient (Wildman–Crippen LogP) is 7.88. The second kappa shape index (κ2) is 16.6. The van der Waals surface area contributed by atoms with Crippen LogP contribution in [-0.4, -0.2) is 56.1 Å². The number of aliphatic imine (C=N–C) groups is 2. The van der Waals surface area contributed by atoms with Gasteiger partial charge >= 0.3 is 0 Å². The lowest BCUT2D eigenvalue weighted by Crippen LogP contribution is -2.27. The van der Waals surface area contributed by atoms with Crippen LogP contribution in [0.5, 0.6) is 17.2 Å². The van der Waals surface area contributed by atoms with Crippen molar-refractivity contribution < 1.29 is 28.1 Å². The highest BCUT2D eigenvalue weighted by Crippen LogP contribution is 2.42. The van der Waals surface area contributed by atoms with E-state index >= 15 is 0 Å². The number of halogens is 2. The molecule has 2 aliphatic rings. The standard InChI is InChI=1S/C23H23N3O3.C21H17ClFN3O2/c1-3-28-20-9-7-18(8-10-20)23(15-29-22(24)26-23)19-6-4-5-16(11-19)17-12-21(27-2)14-25-13-17;1-27-19-6-5-16(9-18(19)22)21(12-28-20(24)26-21)15-4-2-3-13(7-15)14-8-17(23)11-25-10-14/h4-14H,3,15H2,1-2H3,(H2,24,26);2-11H,12H2,1H3,(H2,24,26). The Bertz CT molecular complexity index is 2450. The number of ether oxygens (including phenoxy) is 5. The molecule has 4 aromatic carbocycles. The van der Waals surface area contributed by atoms with Crippen molar-refractivity contribution in [3.8, 4) is 39.5 Å². The van der Waals surface area contributed by atoms with Crippen LogP contribution < -0.4 is 25.7 Å². The zero-order chi connectivity index (χ0) is 40.0. The van der Waals surface area contributed by atoms with E-state index in [1.54, 1.807) is 38.7 Å². The molecule has 6 aromatic rings. The fraction of sp³-hybridized carbons (Fsp3) is 0.182. The van der Waals surface area contributed by atoms with Crippen LogP contribution in [0.25, 0.3) is 22.3 Å². The molecule has 4 N–H and O–H groups in total. The Labute approximate surface area is 334 Å². The summed E-state index contributed by atoms with van der Waals surface area (Å²) in [6.07, 6.45) is 6.28. The first kappa shape index (κ1) is 38.6. The summed E-state index contributed by atoms with van der Waals surface area (Å²) in [5, 5.41) is 0.463. The molecule has 2 unspecified atom stereocenters. The Morgan fingerprint density at radius 3 is 1.72 bits per heavy atom. The van der Waals surface area contributed by atoms with Gasteiger partial charge in [0.15, 0.2) is 11.1 Å². The average Bonchev–Trinajstić information content (AvgIpc) is 3.85. The molecule has 0 amide bonds. The Balaban J connectivity index is 0.000000174. The molecule has 0 aliphatic carbocycles. The summed E-state index contributed by atoms with van der Waals surface area (Å²) in [4.78, 5) is 17.5. The first-order valence-electron chi connectivity index (χ1n) is 18.0. The van der Waals surface area contributed by atoms with Crippen molar-refractivity contribution >= 4 is 23.6 Å². The van der Waals surface area contributed by atoms with Crippen LogP contribution in [0.15, 0.2) is 138 Å². The Hall–Kier alpha value is -6.66. The third-order valence-corrected chi connectivity index (χ3v) is 10.0. The van der Waals surface area contributed by atoms with E-state index < -0.39 is 16.9 Å². The van der Waals surface area contributed by atoms with Crippen molar-refractivity contribution in [2.75, 3.05) is 34.0 Å². The van der Waals surface area contributed by atoms with E-state index in [2.05, 4.69) is 21.0 Å². The Kier molecular flexibility index (Phi) is 11.2. The minimum Gasteiger partial charge on any atom is -0.495 e. The smallest absolute Gasteiger partial charge is 0.283 e. The van der Waals surface area contributed by atoms with Crippen LogP contribution in [0.3, 0.4) is 0 Å². The molecule has 13 heteroatoms. The number of benzene rings is 4. The molecule has 0 bridgehead atoms. The van der Waals surface area contributed by atoms with Crippen molar-refractivity contribution in [3.05, 3.63) is 161 Å². The maximum Gasteiger partial charge on any atom is 0.283 e. The molecule has 0 saturated heterocycles. The molecule has 0 fully saturated rings. The van der Waals surface area contributed by atoms with Crippen LogP contribution in [-0.2, 0) is 20.6 Å². The topological polar surface area (TPSA) is 149 Å². The van der Waals surface area contributed by atoms with Crippen LogP contribution in [0.2, 0.25) is 5.02 Å². The molecule has 4 heterocycles. The lowest BCUT2D eigenvalue weighted by molar-refractivity contribution is 0.278. The molecule has 0 spiro atoms. The highest BCUT2D eigenvalue weighted by molar-refractivity contribution is 6.32. The van der Waals surface area contributed by atoms with E-state index in [0.717, 1.165) is 44.7 Å². The molecular weight excluding hydrogens is 747 g/mol. The SMILES string of the molecule is CCOc1ccc(C2(c3cccc(-c4cncc(OC)c4)c3)COC(N)=N2)cc1.COc1ccc(C2(c3cccc(-c4cncc(F)c4)c3)COC(N)=N2)cc1Cl. The summed E-state index contributed by atoms with van der Waals surface area (Å²) >= 11 is 6.34. The molecule has 0 saturated carbocycles. The Morgan fingerprint density at radius 1 is 0.632 bits per heavy atom. The molecule has 0 radical (unpaired) electrons. The summed E-state index contributed by atoms with van der Waals surface area (Å²) in [7, 11) is 3.19. The fourth-order valence-corrected chi connectivity index (χ4v) is 7.13. The van der Waals surface area contributed by atoms with Gasteiger partial charge in [0.25, 0.3) is 12.0 Å². The number of hydrogen-bond donors (Lipinski definition) is 2. The van der Waals surface area contributed by atoms with Crippen LogP contribution in [0, 0.1) is 5.82 Å². The van der Waals surface area contributed by atoms with Gasteiger partial charge in [-0.3, -0.25) is 9.97 Å².